The van der Waals surface area contributed by atoms with Gasteiger partial charge in [-0.3, -0.25) is 0 Å². The average Bonchev–Trinajstić information content (AvgIpc) is 3.29. The van der Waals surface area contributed by atoms with Crippen molar-refractivity contribution < 1.29 is 5.11 Å². The number of nitrogens with zero attached hydrogens (tertiary/aromatic N) is 4. The molecule has 0 aliphatic carbocycles. The third-order valence-electron chi connectivity index (χ3n) is 4.71. The van der Waals surface area contributed by atoms with Crippen LogP contribution < -0.4 is 0 Å². The molecule has 0 saturated carbocycles. The van der Waals surface area contributed by atoms with E-state index < -0.39 is 0 Å². The summed E-state index contributed by atoms with van der Waals surface area (Å²) < 4.78 is 1.86. The molecule has 1 N–H and O–H groups in total. The lowest BCUT2D eigenvalue weighted by atomic mass is 10.2. The lowest BCUT2D eigenvalue weighted by Crippen LogP contribution is -2.23. The SMILES string of the molecule is Oc1c(N=NC(=S)N2CCCC2)c2ccccc2n1Cc1ccccc1. The second kappa shape index (κ2) is 7.25. The summed E-state index contributed by atoms with van der Waals surface area (Å²) in [7, 11) is 0. The number of aromatic nitrogens is 1. The van der Waals surface area contributed by atoms with Crippen molar-refractivity contribution in [3.05, 3.63) is 60.2 Å². The van der Waals surface area contributed by atoms with Gasteiger partial charge in [-0.05, 0) is 36.7 Å². The zero-order chi connectivity index (χ0) is 17.9. The Kier molecular flexibility index (Phi) is 4.67. The maximum Gasteiger partial charge on any atom is 0.221 e. The fourth-order valence-electron chi connectivity index (χ4n) is 3.36. The first-order chi connectivity index (χ1) is 12.7. The van der Waals surface area contributed by atoms with Crippen LogP contribution in [0.15, 0.2) is 64.8 Å². The number of likely N-dealkylation sites (tertiary alicyclic amines) is 1. The molecule has 0 bridgehead atoms. The summed E-state index contributed by atoms with van der Waals surface area (Å²) in [5.74, 6) is 0.114. The van der Waals surface area contributed by atoms with Crippen molar-refractivity contribution in [2.45, 2.75) is 19.4 Å². The minimum absolute atomic E-state index is 0.114. The van der Waals surface area contributed by atoms with Gasteiger partial charge in [-0.15, -0.1) is 10.2 Å². The number of hydrogen-bond acceptors (Lipinski definition) is 3. The molecule has 26 heavy (non-hydrogen) atoms. The van der Waals surface area contributed by atoms with E-state index in [1.807, 2.05) is 59.2 Å². The number of azo groups is 1. The number of aromatic hydroxyl groups is 1. The smallest absolute Gasteiger partial charge is 0.221 e. The molecule has 132 valence electrons. The minimum Gasteiger partial charge on any atom is -0.493 e. The lowest BCUT2D eigenvalue weighted by Gasteiger charge is -2.12. The van der Waals surface area contributed by atoms with Gasteiger partial charge in [-0.2, -0.15) is 0 Å². The van der Waals surface area contributed by atoms with Crippen molar-refractivity contribution in [2.24, 2.45) is 10.2 Å². The summed E-state index contributed by atoms with van der Waals surface area (Å²) in [5.41, 5.74) is 2.51. The molecule has 2 aromatic carbocycles. The normalized spacial score (nSPS) is 14.5. The highest BCUT2D eigenvalue weighted by Gasteiger charge is 2.18. The molecule has 0 spiro atoms. The second-order valence-corrected chi connectivity index (χ2v) is 6.80. The summed E-state index contributed by atoms with van der Waals surface area (Å²) in [6, 6.07) is 17.9. The first-order valence-electron chi connectivity index (χ1n) is 8.79. The highest BCUT2D eigenvalue weighted by atomic mass is 32.1. The molecule has 1 fully saturated rings. The van der Waals surface area contributed by atoms with E-state index in [9.17, 15) is 5.11 Å². The first-order valence-corrected chi connectivity index (χ1v) is 9.19. The Morgan fingerprint density at radius 3 is 2.46 bits per heavy atom. The molecule has 0 unspecified atom stereocenters. The van der Waals surface area contributed by atoms with Gasteiger partial charge in [0, 0.05) is 18.5 Å². The van der Waals surface area contributed by atoms with Crippen LogP contribution in [0.3, 0.4) is 0 Å². The molecule has 0 amide bonds. The van der Waals surface area contributed by atoms with Crippen LogP contribution in [0.1, 0.15) is 18.4 Å². The standard InChI is InChI=1S/C20H20N4OS/c25-19-18(21-22-20(26)23-12-6-7-13-23)16-10-4-5-11-17(16)24(19)14-15-8-2-1-3-9-15/h1-5,8-11,25H,6-7,12-14H2. The third kappa shape index (κ3) is 3.20. The molecule has 1 aliphatic rings. The van der Waals surface area contributed by atoms with E-state index in [0.717, 1.165) is 42.4 Å². The van der Waals surface area contributed by atoms with Gasteiger partial charge in [0.2, 0.25) is 11.0 Å². The van der Waals surface area contributed by atoms with Crippen LogP contribution in [0.5, 0.6) is 5.88 Å². The molecular weight excluding hydrogens is 344 g/mol. The second-order valence-electron chi connectivity index (χ2n) is 6.44. The van der Waals surface area contributed by atoms with Crippen LogP contribution in [0.2, 0.25) is 0 Å². The number of thiocarbonyl (C=S) groups is 1. The molecule has 1 aliphatic heterocycles. The van der Waals surface area contributed by atoms with Crippen LogP contribution in [0, 0.1) is 0 Å². The number of para-hydroxylation sites is 1. The largest absolute Gasteiger partial charge is 0.493 e. The number of hydrogen-bond donors (Lipinski definition) is 1. The van der Waals surface area contributed by atoms with Crippen LogP contribution in [-0.4, -0.2) is 32.8 Å². The molecule has 1 saturated heterocycles. The molecule has 5 nitrogen and oxygen atoms in total. The zero-order valence-electron chi connectivity index (χ0n) is 14.4. The minimum atomic E-state index is 0.114. The van der Waals surface area contributed by atoms with Crippen LogP contribution >= 0.6 is 12.2 Å². The van der Waals surface area contributed by atoms with E-state index in [4.69, 9.17) is 12.2 Å². The summed E-state index contributed by atoms with van der Waals surface area (Å²) in [6.45, 7) is 2.43. The molecule has 4 rings (SSSR count). The summed E-state index contributed by atoms with van der Waals surface area (Å²) in [6.07, 6.45) is 2.27. The van der Waals surface area contributed by atoms with Crippen molar-refractivity contribution >= 4 is 33.9 Å². The van der Waals surface area contributed by atoms with Gasteiger partial charge in [0.15, 0.2) is 5.69 Å². The predicted molar refractivity (Wildman–Crippen MR) is 107 cm³/mol. The van der Waals surface area contributed by atoms with E-state index in [1.165, 1.54) is 0 Å². The van der Waals surface area contributed by atoms with Gasteiger partial charge < -0.3 is 14.6 Å². The summed E-state index contributed by atoms with van der Waals surface area (Å²) in [5, 5.41) is 20.7. The van der Waals surface area contributed by atoms with Gasteiger partial charge in [0.25, 0.3) is 0 Å². The van der Waals surface area contributed by atoms with Crippen LogP contribution in [0.4, 0.5) is 5.69 Å². The lowest BCUT2D eigenvalue weighted by molar-refractivity contribution is 0.429. The fourth-order valence-corrected chi connectivity index (χ4v) is 3.58. The number of benzene rings is 2. The van der Waals surface area contributed by atoms with Gasteiger partial charge in [0.1, 0.15) is 0 Å². The Balaban J connectivity index is 1.70. The quantitative estimate of drug-likeness (QED) is 0.533. The Bertz CT molecular complexity index is 959. The first kappa shape index (κ1) is 16.7. The summed E-state index contributed by atoms with van der Waals surface area (Å²) >= 11 is 5.37. The average molecular weight is 364 g/mol. The Morgan fingerprint density at radius 2 is 1.69 bits per heavy atom. The zero-order valence-corrected chi connectivity index (χ0v) is 15.2. The molecular formula is C20H20N4OS. The van der Waals surface area contributed by atoms with Gasteiger partial charge in [-0.25, -0.2) is 0 Å². The Morgan fingerprint density at radius 1 is 1.00 bits per heavy atom. The van der Waals surface area contributed by atoms with E-state index >= 15 is 0 Å². The number of fused-ring (bicyclic) bond motifs is 1. The van der Waals surface area contributed by atoms with Crippen LogP contribution in [0.25, 0.3) is 10.9 Å². The topological polar surface area (TPSA) is 53.1 Å². The monoisotopic (exact) mass is 364 g/mol. The Hall–Kier alpha value is -2.73. The number of rotatable bonds is 3. The van der Waals surface area contributed by atoms with E-state index in [0.29, 0.717) is 17.3 Å². The van der Waals surface area contributed by atoms with E-state index in [-0.39, 0.29) is 5.88 Å². The van der Waals surface area contributed by atoms with E-state index in [2.05, 4.69) is 15.1 Å². The fraction of sp³-hybridized carbons (Fsp3) is 0.250. The molecule has 0 radical (unpaired) electrons. The maximum absolute atomic E-state index is 10.8. The maximum atomic E-state index is 10.8. The molecule has 6 heteroatoms. The van der Waals surface area contributed by atoms with Crippen molar-refractivity contribution in [3.63, 3.8) is 0 Å². The van der Waals surface area contributed by atoms with E-state index in [1.54, 1.807) is 0 Å². The summed E-state index contributed by atoms with van der Waals surface area (Å²) in [4.78, 5) is 2.05. The highest BCUT2D eigenvalue weighted by Crippen LogP contribution is 2.39. The van der Waals surface area contributed by atoms with Crippen molar-refractivity contribution in [1.82, 2.24) is 9.47 Å². The van der Waals surface area contributed by atoms with Gasteiger partial charge >= 0.3 is 0 Å². The third-order valence-corrected chi connectivity index (χ3v) is 5.05. The predicted octanol–water partition coefficient (Wildman–Crippen LogP) is 4.86. The van der Waals surface area contributed by atoms with Gasteiger partial charge in [0.05, 0.1) is 12.1 Å². The molecule has 0 atom stereocenters. The molecule has 3 aromatic rings. The molecule has 2 heterocycles. The Labute approximate surface area is 157 Å². The molecule has 1 aromatic heterocycles. The van der Waals surface area contributed by atoms with Crippen molar-refractivity contribution in [3.8, 4) is 5.88 Å². The van der Waals surface area contributed by atoms with Gasteiger partial charge in [-0.1, -0.05) is 48.5 Å². The highest BCUT2D eigenvalue weighted by molar-refractivity contribution is 7.80. The van der Waals surface area contributed by atoms with Crippen molar-refractivity contribution in [1.29, 1.82) is 0 Å². The van der Waals surface area contributed by atoms with Crippen molar-refractivity contribution in [2.75, 3.05) is 13.1 Å². The van der Waals surface area contributed by atoms with Crippen LogP contribution in [-0.2, 0) is 6.54 Å².